The van der Waals surface area contributed by atoms with Gasteiger partial charge in [-0.15, -0.1) is 0 Å². The van der Waals surface area contributed by atoms with Gasteiger partial charge in [0.05, 0.1) is 36.1 Å². The monoisotopic (exact) mass is 297 g/mol. The van der Waals surface area contributed by atoms with E-state index in [9.17, 15) is 4.79 Å². The first kappa shape index (κ1) is 10.8. The Hall–Kier alpha value is -0.300. The largest absolute Gasteiger partial charge is 0.441 e. The summed E-state index contributed by atoms with van der Waals surface area (Å²) in [6, 6.07) is 0. The number of ether oxygens (including phenoxy) is 2. The molecule has 0 aromatic rings. The summed E-state index contributed by atoms with van der Waals surface area (Å²) < 4.78 is 12.7. The van der Waals surface area contributed by atoms with Gasteiger partial charge in [-0.1, -0.05) is 6.08 Å². The molecule has 74 valence electrons. The van der Waals surface area contributed by atoms with Crippen molar-refractivity contribution >= 4 is 29.0 Å². The van der Waals surface area contributed by atoms with Crippen LogP contribution < -0.4 is 3.53 Å². The van der Waals surface area contributed by atoms with Crippen molar-refractivity contribution in [1.82, 2.24) is 3.53 Å². The summed E-state index contributed by atoms with van der Waals surface area (Å²) >= 11 is 1.75. The van der Waals surface area contributed by atoms with Crippen molar-refractivity contribution in [2.75, 3.05) is 13.2 Å². The van der Waals surface area contributed by atoms with E-state index in [2.05, 4.69) is 3.53 Å². The molecule has 1 aliphatic heterocycles. The molecule has 0 saturated heterocycles. The van der Waals surface area contributed by atoms with Crippen LogP contribution in [-0.2, 0) is 9.47 Å². The van der Waals surface area contributed by atoms with Gasteiger partial charge in [0.15, 0.2) is 0 Å². The van der Waals surface area contributed by atoms with E-state index in [1.54, 1.807) is 22.9 Å². The van der Waals surface area contributed by atoms with Gasteiger partial charge >= 0.3 is 6.09 Å². The molecule has 0 aromatic carbocycles. The van der Waals surface area contributed by atoms with Crippen molar-refractivity contribution < 1.29 is 14.3 Å². The van der Waals surface area contributed by atoms with Gasteiger partial charge in [0.25, 0.3) is 0 Å². The maximum Gasteiger partial charge on any atom is 0.416 e. The Morgan fingerprint density at radius 1 is 1.62 bits per heavy atom. The quantitative estimate of drug-likeness (QED) is 0.456. The summed E-state index contributed by atoms with van der Waals surface area (Å²) in [7, 11) is 0. The average Bonchev–Trinajstić information content (AvgIpc) is 2.09. The van der Waals surface area contributed by atoms with Crippen LogP contribution >= 0.6 is 22.9 Å². The fourth-order valence-corrected chi connectivity index (χ4v) is 1.18. The Bertz CT molecular complexity index is 196. The van der Waals surface area contributed by atoms with Gasteiger partial charge in [0.2, 0.25) is 0 Å². The summed E-state index contributed by atoms with van der Waals surface area (Å²) in [4.78, 5) is 10.9. The number of carbonyl (C=O) groups is 1. The molecule has 1 heterocycles. The highest BCUT2D eigenvalue weighted by Gasteiger charge is 2.11. The minimum absolute atomic E-state index is 0.157. The summed E-state index contributed by atoms with van der Waals surface area (Å²) in [6.45, 7) is 1.39. The summed E-state index contributed by atoms with van der Waals surface area (Å²) in [6.07, 6.45) is 4.93. The first-order chi connectivity index (χ1) is 6.33. The molecule has 1 N–H and O–H groups in total. The van der Waals surface area contributed by atoms with Crippen molar-refractivity contribution in [3.63, 3.8) is 0 Å². The van der Waals surface area contributed by atoms with Crippen LogP contribution in [0.2, 0.25) is 0 Å². The fraction of sp³-hybridized carbons (Fsp3) is 0.625. The molecule has 1 atom stereocenters. The Balaban J connectivity index is 2.37. The lowest BCUT2D eigenvalue weighted by molar-refractivity contribution is 0.0779. The van der Waals surface area contributed by atoms with Crippen LogP contribution in [0.3, 0.4) is 0 Å². The SMILES string of the molecule is O=C(NI)OC1/C=C/CCOCC1. The van der Waals surface area contributed by atoms with Crippen molar-refractivity contribution in [3.8, 4) is 0 Å². The Morgan fingerprint density at radius 2 is 2.46 bits per heavy atom. The Morgan fingerprint density at radius 3 is 3.23 bits per heavy atom. The highest BCUT2D eigenvalue weighted by molar-refractivity contribution is 14.1. The van der Waals surface area contributed by atoms with E-state index in [4.69, 9.17) is 9.47 Å². The highest BCUT2D eigenvalue weighted by Crippen LogP contribution is 2.06. The molecule has 0 radical (unpaired) electrons. The predicted molar refractivity (Wildman–Crippen MR) is 56.6 cm³/mol. The zero-order chi connectivity index (χ0) is 9.52. The van der Waals surface area contributed by atoms with Crippen LogP contribution in [0.4, 0.5) is 4.79 Å². The minimum Gasteiger partial charge on any atom is -0.441 e. The number of carbonyl (C=O) groups excluding carboxylic acids is 1. The molecular weight excluding hydrogens is 285 g/mol. The van der Waals surface area contributed by atoms with Crippen LogP contribution in [0.1, 0.15) is 12.8 Å². The van der Waals surface area contributed by atoms with Gasteiger partial charge in [-0.25, -0.2) is 4.79 Å². The second kappa shape index (κ2) is 6.20. The highest BCUT2D eigenvalue weighted by atomic mass is 127. The van der Waals surface area contributed by atoms with Crippen molar-refractivity contribution in [3.05, 3.63) is 12.2 Å². The Kier molecular flexibility index (Phi) is 5.14. The van der Waals surface area contributed by atoms with Crippen molar-refractivity contribution in [2.24, 2.45) is 0 Å². The van der Waals surface area contributed by atoms with Crippen LogP contribution in [-0.4, -0.2) is 25.4 Å². The molecule has 1 aliphatic rings. The molecule has 0 saturated carbocycles. The van der Waals surface area contributed by atoms with Crippen molar-refractivity contribution in [2.45, 2.75) is 18.9 Å². The predicted octanol–water partition coefficient (Wildman–Crippen LogP) is 1.80. The van der Waals surface area contributed by atoms with Gasteiger partial charge in [0, 0.05) is 6.42 Å². The first-order valence-electron chi connectivity index (χ1n) is 4.14. The van der Waals surface area contributed by atoms with E-state index in [0.717, 1.165) is 19.4 Å². The molecular formula is C8H12INO3. The number of nitrogens with one attached hydrogen (secondary N) is 1. The summed E-state index contributed by atoms with van der Waals surface area (Å²) in [5.74, 6) is 0. The molecule has 1 amide bonds. The molecule has 4 nitrogen and oxygen atoms in total. The Labute approximate surface area is 91.2 Å². The number of halogens is 1. The van der Waals surface area contributed by atoms with Gasteiger partial charge in [-0.05, 0) is 12.5 Å². The molecule has 0 aliphatic carbocycles. The van der Waals surface area contributed by atoms with E-state index in [1.165, 1.54) is 0 Å². The maximum atomic E-state index is 10.9. The second-order valence-corrected chi connectivity index (χ2v) is 3.20. The third-order valence-corrected chi connectivity index (χ3v) is 2.10. The van der Waals surface area contributed by atoms with Crippen LogP contribution in [0, 0.1) is 0 Å². The van der Waals surface area contributed by atoms with E-state index in [0.29, 0.717) is 6.61 Å². The van der Waals surface area contributed by atoms with E-state index in [1.807, 2.05) is 12.2 Å². The normalized spacial score (nSPS) is 25.5. The van der Waals surface area contributed by atoms with Crippen LogP contribution in [0.25, 0.3) is 0 Å². The maximum absolute atomic E-state index is 10.9. The third-order valence-electron chi connectivity index (χ3n) is 1.66. The van der Waals surface area contributed by atoms with E-state index in [-0.39, 0.29) is 6.10 Å². The van der Waals surface area contributed by atoms with Crippen LogP contribution in [0.5, 0.6) is 0 Å². The standard InChI is InChI=1S/C8H12INO3/c9-10-8(11)13-7-3-1-2-5-12-6-4-7/h1,3,7H,2,4-6H2,(H,10,11)/b3-1+. The van der Waals surface area contributed by atoms with E-state index >= 15 is 0 Å². The third kappa shape index (κ3) is 4.47. The van der Waals surface area contributed by atoms with Gasteiger partial charge < -0.3 is 9.47 Å². The lowest BCUT2D eigenvalue weighted by Gasteiger charge is -2.15. The minimum atomic E-state index is -0.407. The molecule has 0 spiro atoms. The topological polar surface area (TPSA) is 47.6 Å². The fourth-order valence-electron chi connectivity index (χ4n) is 1.06. The molecule has 0 fully saturated rings. The smallest absolute Gasteiger partial charge is 0.416 e. The second-order valence-electron chi connectivity index (χ2n) is 2.66. The van der Waals surface area contributed by atoms with Gasteiger partial charge in [0.1, 0.15) is 6.10 Å². The number of hydrogen-bond acceptors (Lipinski definition) is 3. The van der Waals surface area contributed by atoms with Gasteiger partial charge in [-0.2, -0.15) is 0 Å². The zero-order valence-electron chi connectivity index (χ0n) is 7.16. The number of amides is 1. The zero-order valence-corrected chi connectivity index (χ0v) is 9.32. The van der Waals surface area contributed by atoms with E-state index < -0.39 is 6.09 Å². The number of rotatable bonds is 1. The first-order valence-corrected chi connectivity index (χ1v) is 5.22. The van der Waals surface area contributed by atoms with Crippen molar-refractivity contribution in [1.29, 1.82) is 0 Å². The lowest BCUT2D eigenvalue weighted by Crippen LogP contribution is -2.23. The molecule has 0 bridgehead atoms. The summed E-state index contributed by atoms with van der Waals surface area (Å²) in [5, 5.41) is 0. The average molecular weight is 297 g/mol. The van der Waals surface area contributed by atoms with Gasteiger partial charge in [-0.3, -0.25) is 3.53 Å². The molecule has 1 rings (SSSR count). The summed E-state index contributed by atoms with van der Waals surface area (Å²) in [5.41, 5.74) is 0. The molecule has 1 unspecified atom stereocenters. The van der Waals surface area contributed by atoms with Crippen LogP contribution in [0.15, 0.2) is 12.2 Å². The molecule has 13 heavy (non-hydrogen) atoms. The lowest BCUT2D eigenvalue weighted by atomic mass is 10.2. The molecule has 5 heteroatoms. The number of hydrogen-bond donors (Lipinski definition) is 1. The molecule has 0 aromatic heterocycles.